The van der Waals surface area contributed by atoms with Gasteiger partial charge in [0.15, 0.2) is 0 Å². The second kappa shape index (κ2) is 7.39. The Kier molecular flexibility index (Phi) is 5.85. The molecule has 1 aromatic rings. The summed E-state index contributed by atoms with van der Waals surface area (Å²) < 4.78 is 5.16. The van der Waals surface area contributed by atoms with Gasteiger partial charge in [0.25, 0.3) is 11.6 Å². The minimum atomic E-state index is -0.615. The van der Waals surface area contributed by atoms with E-state index in [9.17, 15) is 14.9 Å². The molecule has 0 radical (unpaired) electrons. The van der Waals surface area contributed by atoms with Crippen LogP contribution in [0.3, 0.4) is 0 Å². The van der Waals surface area contributed by atoms with Crippen LogP contribution in [-0.4, -0.2) is 54.6 Å². The quantitative estimate of drug-likeness (QED) is 0.457. The van der Waals surface area contributed by atoms with Crippen molar-refractivity contribution in [2.45, 2.75) is 6.92 Å². The number of aromatic nitrogens is 1. The molecule has 0 aliphatic rings. The molecule has 0 fully saturated rings. The van der Waals surface area contributed by atoms with Gasteiger partial charge in [0.1, 0.15) is 17.6 Å². The third kappa shape index (κ3) is 3.89. The number of likely N-dealkylation sites (N-methyl/N-ethyl adjacent to an activating group) is 1. The maximum atomic E-state index is 12.2. The summed E-state index contributed by atoms with van der Waals surface area (Å²) in [4.78, 5) is 27.8. The summed E-state index contributed by atoms with van der Waals surface area (Å²) in [7, 11) is 3.20. The number of amides is 1. The standard InChI is InChI=1S/C12H18N4O4/c1-4-20-6-5-15(3)12(17)9-7-11(13-2)14-8-10(9)16(18)19/h7-8H,4-6H2,1-3H3,(H,13,14). The highest BCUT2D eigenvalue weighted by molar-refractivity contribution is 5.98. The maximum Gasteiger partial charge on any atom is 0.300 e. The van der Waals surface area contributed by atoms with Crippen LogP contribution in [0.1, 0.15) is 17.3 Å². The zero-order valence-corrected chi connectivity index (χ0v) is 11.8. The van der Waals surface area contributed by atoms with Gasteiger partial charge in [-0.05, 0) is 6.92 Å². The van der Waals surface area contributed by atoms with Gasteiger partial charge in [-0.2, -0.15) is 0 Å². The van der Waals surface area contributed by atoms with Crippen molar-refractivity contribution in [2.24, 2.45) is 0 Å². The van der Waals surface area contributed by atoms with Crippen molar-refractivity contribution in [2.75, 3.05) is 39.2 Å². The first-order valence-corrected chi connectivity index (χ1v) is 6.16. The Morgan fingerprint density at radius 2 is 2.30 bits per heavy atom. The fourth-order valence-electron chi connectivity index (χ4n) is 1.55. The van der Waals surface area contributed by atoms with Crippen molar-refractivity contribution >= 4 is 17.4 Å². The fourth-order valence-corrected chi connectivity index (χ4v) is 1.55. The summed E-state index contributed by atoms with van der Waals surface area (Å²) in [5.41, 5.74) is -0.300. The van der Waals surface area contributed by atoms with Crippen LogP contribution in [0.15, 0.2) is 12.3 Å². The Bertz CT molecular complexity index is 492. The molecule has 0 bridgehead atoms. The van der Waals surface area contributed by atoms with Gasteiger partial charge in [-0.3, -0.25) is 14.9 Å². The largest absolute Gasteiger partial charge is 0.380 e. The molecule has 0 aliphatic heterocycles. The molecule has 1 heterocycles. The highest BCUT2D eigenvalue weighted by Crippen LogP contribution is 2.21. The summed E-state index contributed by atoms with van der Waals surface area (Å²) in [5.74, 6) is -0.0348. The smallest absolute Gasteiger partial charge is 0.300 e. The average Bonchev–Trinajstić information content (AvgIpc) is 2.45. The van der Waals surface area contributed by atoms with E-state index in [1.807, 2.05) is 6.92 Å². The second-order valence-electron chi connectivity index (χ2n) is 4.02. The van der Waals surface area contributed by atoms with Crippen LogP contribution in [0.5, 0.6) is 0 Å². The Labute approximate surface area is 116 Å². The number of nitrogens with zero attached hydrogens (tertiary/aromatic N) is 3. The summed E-state index contributed by atoms with van der Waals surface area (Å²) in [6, 6.07) is 1.37. The molecule has 0 atom stereocenters. The van der Waals surface area contributed by atoms with E-state index in [1.54, 1.807) is 14.1 Å². The molecule has 0 unspecified atom stereocenters. The van der Waals surface area contributed by atoms with Crippen molar-refractivity contribution in [1.29, 1.82) is 0 Å². The number of hydrogen-bond acceptors (Lipinski definition) is 6. The van der Waals surface area contributed by atoms with Gasteiger partial charge in [-0.1, -0.05) is 0 Å². The van der Waals surface area contributed by atoms with E-state index in [4.69, 9.17) is 4.74 Å². The van der Waals surface area contributed by atoms with E-state index in [2.05, 4.69) is 10.3 Å². The molecule has 0 aliphatic carbocycles. The first-order chi connectivity index (χ1) is 9.51. The number of anilines is 1. The number of nitrogens with one attached hydrogen (secondary N) is 1. The minimum Gasteiger partial charge on any atom is -0.380 e. The lowest BCUT2D eigenvalue weighted by Gasteiger charge is -2.17. The third-order valence-electron chi connectivity index (χ3n) is 2.69. The van der Waals surface area contributed by atoms with E-state index in [0.29, 0.717) is 25.6 Å². The van der Waals surface area contributed by atoms with Crippen molar-refractivity contribution in [3.63, 3.8) is 0 Å². The maximum absolute atomic E-state index is 12.2. The number of nitro groups is 1. The molecule has 1 N–H and O–H groups in total. The van der Waals surface area contributed by atoms with Gasteiger partial charge in [0, 0.05) is 33.3 Å². The van der Waals surface area contributed by atoms with Crippen LogP contribution >= 0.6 is 0 Å². The van der Waals surface area contributed by atoms with Crippen molar-refractivity contribution in [3.8, 4) is 0 Å². The van der Waals surface area contributed by atoms with Gasteiger partial charge in [-0.15, -0.1) is 0 Å². The Balaban J connectivity index is 2.97. The van der Waals surface area contributed by atoms with E-state index >= 15 is 0 Å². The zero-order valence-electron chi connectivity index (χ0n) is 11.8. The van der Waals surface area contributed by atoms with E-state index in [0.717, 1.165) is 6.20 Å². The number of rotatable bonds is 7. The molecule has 0 saturated carbocycles. The third-order valence-corrected chi connectivity index (χ3v) is 2.69. The molecule has 110 valence electrons. The highest BCUT2D eigenvalue weighted by Gasteiger charge is 2.24. The molecular formula is C12H18N4O4. The van der Waals surface area contributed by atoms with E-state index < -0.39 is 10.8 Å². The number of hydrogen-bond donors (Lipinski definition) is 1. The molecule has 0 saturated heterocycles. The summed E-state index contributed by atoms with van der Waals surface area (Å²) >= 11 is 0. The Morgan fingerprint density at radius 3 is 2.85 bits per heavy atom. The predicted molar refractivity (Wildman–Crippen MR) is 73.9 cm³/mol. The topological polar surface area (TPSA) is 97.6 Å². The van der Waals surface area contributed by atoms with Crippen molar-refractivity contribution in [3.05, 3.63) is 27.9 Å². The molecule has 8 heteroatoms. The van der Waals surface area contributed by atoms with Gasteiger partial charge in [0.2, 0.25) is 0 Å². The van der Waals surface area contributed by atoms with Crippen LogP contribution in [0, 0.1) is 10.1 Å². The normalized spacial score (nSPS) is 10.2. The summed E-state index contributed by atoms with van der Waals surface area (Å²) in [6.45, 7) is 3.16. The lowest BCUT2D eigenvalue weighted by atomic mass is 10.2. The Hall–Kier alpha value is -2.22. The molecule has 0 spiro atoms. The van der Waals surface area contributed by atoms with Crippen LogP contribution in [0.4, 0.5) is 11.5 Å². The lowest BCUT2D eigenvalue weighted by Crippen LogP contribution is -2.30. The Morgan fingerprint density at radius 1 is 1.60 bits per heavy atom. The zero-order chi connectivity index (χ0) is 15.1. The predicted octanol–water partition coefficient (Wildman–Crippen LogP) is 1.14. The minimum absolute atomic E-state index is 0.00773. The number of carbonyl (C=O) groups excluding carboxylic acids is 1. The average molecular weight is 282 g/mol. The van der Waals surface area contributed by atoms with Gasteiger partial charge >= 0.3 is 0 Å². The SMILES string of the molecule is CCOCCN(C)C(=O)c1cc(NC)ncc1[N+](=O)[O-]. The van der Waals surface area contributed by atoms with Crippen molar-refractivity contribution < 1.29 is 14.5 Å². The lowest BCUT2D eigenvalue weighted by molar-refractivity contribution is -0.385. The molecule has 1 amide bonds. The van der Waals surface area contributed by atoms with Crippen LogP contribution < -0.4 is 5.32 Å². The number of pyridine rings is 1. The second-order valence-corrected chi connectivity index (χ2v) is 4.02. The van der Waals surface area contributed by atoms with E-state index in [-0.39, 0.29) is 11.3 Å². The first-order valence-electron chi connectivity index (χ1n) is 6.16. The van der Waals surface area contributed by atoms with Gasteiger partial charge in [0.05, 0.1) is 11.5 Å². The molecule has 20 heavy (non-hydrogen) atoms. The first kappa shape index (κ1) is 15.8. The fraction of sp³-hybridized carbons (Fsp3) is 0.500. The monoisotopic (exact) mass is 282 g/mol. The molecule has 0 aromatic carbocycles. The van der Waals surface area contributed by atoms with Gasteiger partial charge in [-0.25, -0.2) is 4.98 Å². The molecule has 1 rings (SSSR count). The summed E-state index contributed by atoms with van der Waals surface area (Å²) in [6.07, 6.45) is 1.08. The van der Waals surface area contributed by atoms with Crippen LogP contribution in [-0.2, 0) is 4.74 Å². The summed E-state index contributed by atoms with van der Waals surface area (Å²) in [5, 5.41) is 13.7. The number of carbonyl (C=O) groups is 1. The highest BCUT2D eigenvalue weighted by atomic mass is 16.6. The number of ether oxygens (including phenoxy) is 1. The van der Waals surface area contributed by atoms with E-state index in [1.165, 1.54) is 11.0 Å². The van der Waals surface area contributed by atoms with Gasteiger partial charge < -0.3 is 15.0 Å². The van der Waals surface area contributed by atoms with Crippen molar-refractivity contribution in [1.82, 2.24) is 9.88 Å². The van der Waals surface area contributed by atoms with Crippen LogP contribution in [0.2, 0.25) is 0 Å². The molecular weight excluding hydrogens is 264 g/mol. The van der Waals surface area contributed by atoms with Crippen LogP contribution in [0.25, 0.3) is 0 Å². The molecule has 8 nitrogen and oxygen atoms in total. The molecule has 1 aromatic heterocycles.